The van der Waals surface area contributed by atoms with E-state index >= 15 is 0 Å². The van der Waals surface area contributed by atoms with Crippen molar-refractivity contribution in [2.45, 2.75) is 12.8 Å². The lowest BCUT2D eigenvalue weighted by Crippen LogP contribution is -2.21. The van der Waals surface area contributed by atoms with Crippen LogP contribution in [0.5, 0.6) is 0 Å². The number of esters is 1. The Hall–Kier alpha value is -2.54. The maximum atomic E-state index is 13.3. The van der Waals surface area contributed by atoms with E-state index in [0.29, 0.717) is 4.88 Å². The van der Waals surface area contributed by atoms with Gasteiger partial charge in [-0.25, -0.2) is 4.39 Å². The first-order valence-electron chi connectivity index (χ1n) is 6.83. The molecule has 1 amide bonds. The van der Waals surface area contributed by atoms with E-state index in [-0.39, 0.29) is 24.3 Å². The second kappa shape index (κ2) is 8.19. The molecule has 0 aliphatic heterocycles. The average molecular weight is 335 g/mol. The number of thiophene rings is 1. The van der Waals surface area contributed by atoms with Crippen LogP contribution in [0.3, 0.4) is 0 Å². The molecule has 1 heterocycles. The van der Waals surface area contributed by atoms with Crippen molar-refractivity contribution >= 4 is 34.7 Å². The summed E-state index contributed by atoms with van der Waals surface area (Å²) >= 11 is 1.30. The molecule has 2 aromatic rings. The van der Waals surface area contributed by atoms with E-state index in [4.69, 9.17) is 4.74 Å². The molecule has 120 valence electrons. The number of hydrogen-bond acceptors (Lipinski definition) is 5. The fourth-order valence-electron chi connectivity index (χ4n) is 1.74. The molecule has 0 aliphatic rings. The topological polar surface area (TPSA) is 72.5 Å². The van der Waals surface area contributed by atoms with E-state index in [9.17, 15) is 18.8 Å². The summed E-state index contributed by atoms with van der Waals surface area (Å²) in [5.41, 5.74) is 0.0152. The van der Waals surface area contributed by atoms with Crippen molar-refractivity contribution in [1.29, 1.82) is 0 Å². The highest BCUT2D eigenvalue weighted by molar-refractivity contribution is 7.12. The summed E-state index contributed by atoms with van der Waals surface area (Å²) in [6, 6.07) is 9.10. The summed E-state index contributed by atoms with van der Waals surface area (Å²) < 4.78 is 18.1. The van der Waals surface area contributed by atoms with Crippen molar-refractivity contribution in [1.82, 2.24) is 0 Å². The summed E-state index contributed by atoms with van der Waals surface area (Å²) in [6.07, 6.45) is -0.0853. The van der Waals surface area contributed by atoms with E-state index in [0.717, 1.165) is 0 Å². The molecule has 0 saturated heterocycles. The Balaban J connectivity index is 1.71. The third-order valence-electron chi connectivity index (χ3n) is 2.86. The molecule has 5 nitrogen and oxygen atoms in total. The fourth-order valence-corrected chi connectivity index (χ4v) is 2.44. The minimum absolute atomic E-state index is 0.0152. The predicted octanol–water partition coefficient (Wildman–Crippen LogP) is 3.03. The number of carbonyl (C=O) groups is 3. The van der Waals surface area contributed by atoms with Gasteiger partial charge in [0.05, 0.1) is 17.0 Å². The number of benzene rings is 1. The van der Waals surface area contributed by atoms with Crippen molar-refractivity contribution < 1.29 is 23.5 Å². The molecule has 1 aromatic heterocycles. The minimum atomic E-state index is -0.654. The monoisotopic (exact) mass is 335 g/mol. The molecule has 0 spiro atoms. The Kier molecular flexibility index (Phi) is 5.99. The van der Waals surface area contributed by atoms with Crippen molar-refractivity contribution in [2.75, 3.05) is 11.9 Å². The standard InChI is InChI=1S/C16H14FNO4S/c17-11-4-1-2-5-12(11)18-15(20)10-22-16(21)8-7-13(19)14-6-3-9-23-14/h1-6,9H,7-8,10H2,(H,18,20). The number of anilines is 1. The fraction of sp³-hybridized carbons (Fsp3) is 0.188. The second-order valence-electron chi connectivity index (χ2n) is 4.59. The third kappa shape index (κ3) is 5.30. The van der Waals surface area contributed by atoms with Gasteiger partial charge in [-0.15, -0.1) is 11.3 Å². The summed E-state index contributed by atoms with van der Waals surface area (Å²) in [5.74, 6) is -2.02. The molecular weight excluding hydrogens is 321 g/mol. The quantitative estimate of drug-likeness (QED) is 0.623. The van der Waals surface area contributed by atoms with Crippen molar-refractivity contribution in [3.63, 3.8) is 0 Å². The van der Waals surface area contributed by atoms with Crippen LogP contribution in [-0.2, 0) is 14.3 Å². The molecule has 0 fully saturated rings. The zero-order chi connectivity index (χ0) is 16.7. The number of rotatable bonds is 7. The van der Waals surface area contributed by atoms with Crippen molar-refractivity contribution in [3.8, 4) is 0 Å². The van der Waals surface area contributed by atoms with Gasteiger partial charge >= 0.3 is 5.97 Å². The molecule has 0 unspecified atom stereocenters. The zero-order valence-electron chi connectivity index (χ0n) is 12.1. The molecule has 1 aromatic carbocycles. The Morgan fingerprint density at radius 1 is 1.09 bits per heavy atom. The SMILES string of the molecule is O=C(COC(=O)CCC(=O)c1cccs1)Nc1ccccc1F. The maximum Gasteiger partial charge on any atom is 0.306 e. The van der Waals surface area contributed by atoms with Crippen LogP contribution in [0.1, 0.15) is 22.5 Å². The Morgan fingerprint density at radius 3 is 2.57 bits per heavy atom. The Labute approximate surface area is 136 Å². The van der Waals surface area contributed by atoms with Crippen LogP contribution in [0.25, 0.3) is 0 Å². The third-order valence-corrected chi connectivity index (χ3v) is 3.78. The first-order chi connectivity index (χ1) is 11.1. The van der Waals surface area contributed by atoms with E-state index in [1.54, 1.807) is 23.6 Å². The van der Waals surface area contributed by atoms with Crippen LogP contribution in [0.4, 0.5) is 10.1 Å². The molecule has 7 heteroatoms. The molecule has 0 atom stereocenters. The van der Waals surface area contributed by atoms with Gasteiger partial charge in [0.25, 0.3) is 5.91 Å². The number of Topliss-reactive ketones (excluding diaryl/α,β-unsaturated/α-hetero) is 1. The van der Waals surface area contributed by atoms with E-state index in [1.165, 1.54) is 29.5 Å². The summed E-state index contributed by atoms with van der Waals surface area (Å²) in [7, 11) is 0. The van der Waals surface area contributed by atoms with E-state index in [2.05, 4.69) is 5.32 Å². The van der Waals surface area contributed by atoms with Gasteiger partial charge in [-0.3, -0.25) is 14.4 Å². The molecule has 2 rings (SSSR count). The van der Waals surface area contributed by atoms with Crippen LogP contribution in [0.15, 0.2) is 41.8 Å². The lowest BCUT2D eigenvalue weighted by molar-refractivity contribution is -0.147. The van der Waals surface area contributed by atoms with Gasteiger partial charge in [-0.1, -0.05) is 18.2 Å². The zero-order valence-corrected chi connectivity index (χ0v) is 12.9. The normalized spacial score (nSPS) is 10.1. The van der Waals surface area contributed by atoms with Crippen LogP contribution in [0, 0.1) is 5.82 Å². The number of hydrogen-bond donors (Lipinski definition) is 1. The van der Waals surface area contributed by atoms with Crippen LogP contribution in [-0.4, -0.2) is 24.3 Å². The number of carbonyl (C=O) groups excluding carboxylic acids is 3. The van der Waals surface area contributed by atoms with Crippen LogP contribution < -0.4 is 5.32 Å². The second-order valence-corrected chi connectivity index (χ2v) is 5.54. The minimum Gasteiger partial charge on any atom is -0.456 e. The lowest BCUT2D eigenvalue weighted by atomic mass is 10.2. The number of ketones is 1. The smallest absolute Gasteiger partial charge is 0.306 e. The Bertz CT molecular complexity index is 700. The van der Waals surface area contributed by atoms with Crippen molar-refractivity contribution in [2.24, 2.45) is 0 Å². The largest absolute Gasteiger partial charge is 0.456 e. The highest BCUT2D eigenvalue weighted by atomic mass is 32.1. The summed E-state index contributed by atoms with van der Waals surface area (Å²) in [6.45, 7) is -0.527. The van der Waals surface area contributed by atoms with Gasteiger partial charge < -0.3 is 10.1 Å². The number of halogens is 1. The van der Waals surface area contributed by atoms with E-state index < -0.39 is 24.3 Å². The predicted molar refractivity (Wildman–Crippen MR) is 83.9 cm³/mol. The molecule has 0 saturated carbocycles. The highest BCUT2D eigenvalue weighted by Gasteiger charge is 2.13. The molecule has 0 bridgehead atoms. The van der Waals surface area contributed by atoms with Gasteiger partial charge in [0, 0.05) is 6.42 Å². The number of ether oxygens (including phenoxy) is 1. The molecule has 0 aliphatic carbocycles. The summed E-state index contributed by atoms with van der Waals surface area (Å²) in [4.78, 5) is 35.4. The van der Waals surface area contributed by atoms with Crippen molar-refractivity contribution in [3.05, 3.63) is 52.5 Å². The highest BCUT2D eigenvalue weighted by Crippen LogP contribution is 2.13. The molecule has 23 heavy (non-hydrogen) atoms. The maximum absolute atomic E-state index is 13.3. The van der Waals surface area contributed by atoms with Gasteiger partial charge in [-0.2, -0.15) is 0 Å². The first kappa shape index (κ1) is 16.8. The molecule has 1 N–H and O–H groups in total. The molecular formula is C16H14FNO4S. The van der Waals surface area contributed by atoms with Gasteiger partial charge in [-0.05, 0) is 23.6 Å². The summed E-state index contributed by atoms with van der Waals surface area (Å²) in [5, 5.41) is 4.07. The lowest BCUT2D eigenvalue weighted by Gasteiger charge is -2.07. The first-order valence-corrected chi connectivity index (χ1v) is 7.71. The molecule has 0 radical (unpaired) electrons. The number of nitrogens with one attached hydrogen (secondary N) is 1. The number of para-hydroxylation sites is 1. The van der Waals surface area contributed by atoms with E-state index in [1.807, 2.05) is 0 Å². The average Bonchev–Trinajstić information content (AvgIpc) is 3.07. The van der Waals surface area contributed by atoms with Gasteiger partial charge in [0.1, 0.15) is 5.82 Å². The van der Waals surface area contributed by atoms with Crippen LogP contribution >= 0.6 is 11.3 Å². The Morgan fingerprint density at radius 2 is 1.87 bits per heavy atom. The van der Waals surface area contributed by atoms with Gasteiger partial charge in [0.15, 0.2) is 12.4 Å². The van der Waals surface area contributed by atoms with Gasteiger partial charge in [0.2, 0.25) is 0 Å². The van der Waals surface area contributed by atoms with Crippen LogP contribution in [0.2, 0.25) is 0 Å². The number of amides is 1.